The van der Waals surface area contributed by atoms with Crippen LogP contribution in [-0.2, 0) is 11.3 Å². The minimum Gasteiger partial charge on any atom is -0.480 e. The van der Waals surface area contributed by atoms with Crippen LogP contribution in [0, 0.1) is 5.92 Å². The molecule has 0 spiro atoms. The van der Waals surface area contributed by atoms with Crippen LogP contribution in [0.15, 0.2) is 22.7 Å². The van der Waals surface area contributed by atoms with Gasteiger partial charge in [-0.15, -0.1) is 0 Å². The largest absolute Gasteiger partial charge is 0.480 e. The van der Waals surface area contributed by atoms with Gasteiger partial charge in [0.05, 0.1) is 0 Å². The summed E-state index contributed by atoms with van der Waals surface area (Å²) in [5.41, 5.74) is 0.956. The summed E-state index contributed by atoms with van der Waals surface area (Å²) >= 11 is 9.34. The van der Waals surface area contributed by atoms with E-state index < -0.39 is 12.0 Å². The van der Waals surface area contributed by atoms with Gasteiger partial charge in [0.15, 0.2) is 0 Å². The van der Waals surface area contributed by atoms with Crippen molar-refractivity contribution in [3.8, 4) is 0 Å². The van der Waals surface area contributed by atoms with Crippen molar-refractivity contribution >= 4 is 33.5 Å². The molecule has 0 bridgehead atoms. The van der Waals surface area contributed by atoms with E-state index in [4.69, 9.17) is 16.7 Å². The molecule has 100 valence electrons. The monoisotopic (exact) mass is 333 g/mol. The lowest BCUT2D eigenvalue weighted by molar-refractivity contribution is -0.140. The molecule has 1 aromatic rings. The molecule has 0 unspecified atom stereocenters. The molecule has 2 N–H and O–H groups in total. The van der Waals surface area contributed by atoms with Crippen molar-refractivity contribution in [2.45, 2.75) is 32.9 Å². The lowest BCUT2D eigenvalue weighted by Crippen LogP contribution is -2.37. The Morgan fingerprint density at radius 1 is 1.50 bits per heavy atom. The third-order valence-corrected chi connectivity index (χ3v) is 3.56. The number of nitrogens with one attached hydrogen (secondary N) is 1. The summed E-state index contributed by atoms with van der Waals surface area (Å²) < 4.78 is 0.924. The van der Waals surface area contributed by atoms with E-state index in [2.05, 4.69) is 21.2 Å². The van der Waals surface area contributed by atoms with Gasteiger partial charge in [0.1, 0.15) is 6.04 Å². The minimum absolute atomic E-state index is 0.335. The SMILES string of the molecule is CC(C)C[C@H](NCc1cc(Cl)ccc1Br)C(=O)O. The number of carboxylic acid groups (broad SMARTS) is 1. The van der Waals surface area contributed by atoms with Crippen molar-refractivity contribution in [2.75, 3.05) is 0 Å². The number of carboxylic acids is 1. The number of hydrogen-bond acceptors (Lipinski definition) is 2. The first-order valence-corrected chi connectivity index (χ1v) is 6.97. The van der Waals surface area contributed by atoms with E-state index in [1.54, 1.807) is 6.07 Å². The zero-order valence-electron chi connectivity index (χ0n) is 10.4. The fourth-order valence-electron chi connectivity index (χ4n) is 1.65. The van der Waals surface area contributed by atoms with Crippen LogP contribution in [0.5, 0.6) is 0 Å². The minimum atomic E-state index is -0.818. The molecule has 0 amide bonds. The van der Waals surface area contributed by atoms with Crippen LogP contribution in [-0.4, -0.2) is 17.1 Å². The molecule has 0 heterocycles. The van der Waals surface area contributed by atoms with Gasteiger partial charge >= 0.3 is 5.97 Å². The van der Waals surface area contributed by atoms with Crippen LogP contribution in [0.2, 0.25) is 5.02 Å². The van der Waals surface area contributed by atoms with Gasteiger partial charge in [-0.1, -0.05) is 41.4 Å². The molecule has 0 aliphatic carbocycles. The summed E-state index contributed by atoms with van der Waals surface area (Å²) in [6.45, 7) is 4.49. The molecule has 0 aliphatic heterocycles. The third kappa shape index (κ3) is 4.96. The molecule has 1 aromatic carbocycles. The highest BCUT2D eigenvalue weighted by atomic mass is 79.9. The highest BCUT2D eigenvalue weighted by molar-refractivity contribution is 9.10. The van der Waals surface area contributed by atoms with Gasteiger partial charge in [-0.05, 0) is 36.1 Å². The number of carbonyl (C=O) groups is 1. The summed E-state index contributed by atoms with van der Waals surface area (Å²) in [6, 6.07) is 4.94. The molecule has 1 atom stereocenters. The topological polar surface area (TPSA) is 49.3 Å². The Morgan fingerprint density at radius 3 is 2.72 bits per heavy atom. The molecule has 3 nitrogen and oxygen atoms in total. The van der Waals surface area contributed by atoms with Crippen molar-refractivity contribution < 1.29 is 9.90 Å². The smallest absolute Gasteiger partial charge is 0.320 e. The maximum atomic E-state index is 11.1. The van der Waals surface area contributed by atoms with Crippen LogP contribution in [0.4, 0.5) is 0 Å². The van der Waals surface area contributed by atoms with Gasteiger partial charge in [0, 0.05) is 16.0 Å². The fourth-order valence-corrected chi connectivity index (χ4v) is 2.24. The van der Waals surface area contributed by atoms with E-state index in [0.717, 1.165) is 10.0 Å². The molecule has 0 saturated heterocycles. The van der Waals surface area contributed by atoms with Crippen LogP contribution in [0.3, 0.4) is 0 Å². The molecular weight excluding hydrogens is 318 g/mol. The first-order valence-electron chi connectivity index (χ1n) is 5.80. The number of halogens is 2. The predicted octanol–water partition coefficient (Wildman–Crippen LogP) is 3.69. The van der Waals surface area contributed by atoms with Gasteiger partial charge < -0.3 is 10.4 Å². The van der Waals surface area contributed by atoms with Gasteiger partial charge in [-0.2, -0.15) is 0 Å². The molecule has 1 rings (SSSR count). The average molecular weight is 335 g/mol. The number of hydrogen-bond donors (Lipinski definition) is 2. The van der Waals surface area contributed by atoms with Crippen LogP contribution >= 0.6 is 27.5 Å². The molecule has 0 aliphatic rings. The lowest BCUT2D eigenvalue weighted by Gasteiger charge is -2.17. The maximum absolute atomic E-state index is 11.1. The zero-order chi connectivity index (χ0) is 13.7. The highest BCUT2D eigenvalue weighted by Gasteiger charge is 2.18. The summed E-state index contributed by atoms with van der Waals surface area (Å²) in [6.07, 6.45) is 0.605. The van der Waals surface area contributed by atoms with Crippen molar-refractivity contribution in [3.05, 3.63) is 33.3 Å². The van der Waals surface area contributed by atoms with Crippen molar-refractivity contribution in [1.82, 2.24) is 5.32 Å². The number of rotatable bonds is 6. The first-order chi connectivity index (χ1) is 8.40. The Kier molecular flexibility index (Phi) is 6.12. The van der Waals surface area contributed by atoms with E-state index >= 15 is 0 Å². The Balaban J connectivity index is 2.66. The zero-order valence-corrected chi connectivity index (χ0v) is 12.8. The number of benzene rings is 1. The third-order valence-electron chi connectivity index (χ3n) is 2.55. The van der Waals surface area contributed by atoms with Gasteiger partial charge in [-0.3, -0.25) is 4.79 Å². The molecule has 0 fully saturated rings. The van der Waals surface area contributed by atoms with E-state index in [1.165, 1.54) is 0 Å². The summed E-state index contributed by atoms with van der Waals surface area (Å²) in [5, 5.41) is 12.8. The van der Waals surface area contributed by atoms with E-state index in [0.29, 0.717) is 23.9 Å². The quantitative estimate of drug-likeness (QED) is 0.834. The van der Waals surface area contributed by atoms with Crippen LogP contribution in [0.25, 0.3) is 0 Å². The summed E-state index contributed by atoms with van der Waals surface area (Å²) in [4.78, 5) is 11.1. The maximum Gasteiger partial charge on any atom is 0.320 e. The summed E-state index contributed by atoms with van der Waals surface area (Å²) in [5.74, 6) is -0.483. The summed E-state index contributed by atoms with van der Waals surface area (Å²) in [7, 11) is 0. The Hall–Kier alpha value is -0.580. The van der Waals surface area contributed by atoms with E-state index in [1.807, 2.05) is 26.0 Å². The average Bonchev–Trinajstić information content (AvgIpc) is 2.27. The van der Waals surface area contributed by atoms with Gasteiger partial charge in [0.25, 0.3) is 0 Å². The number of aliphatic carboxylic acids is 1. The van der Waals surface area contributed by atoms with Crippen molar-refractivity contribution in [2.24, 2.45) is 5.92 Å². The van der Waals surface area contributed by atoms with Gasteiger partial charge in [-0.25, -0.2) is 0 Å². The Labute approximate surface area is 121 Å². The Morgan fingerprint density at radius 2 is 2.17 bits per heavy atom. The van der Waals surface area contributed by atoms with E-state index in [-0.39, 0.29) is 0 Å². The molecule has 0 saturated carbocycles. The second-order valence-electron chi connectivity index (χ2n) is 4.64. The second kappa shape index (κ2) is 7.12. The lowest BCUT2D eigenvalue weighted by atomic mass is 10.0. The molecular formula is C13H17BrClNO2. The highest BCUT2D eigenvalue weighted by Crippen LogP contribution is 2.21. The van der Waals surface area contributed by atoms with Crippen molar-refractivity contribution in [3.63, 3.8) is 0 Å². The molecule has 5 heteroatoms. The Bertz CT molecular complexity index is 423. The van der Waals surface area contributed by atoms with Crippen LogP contribution in [0.1, 0.15) is 25.8 Å². The van der Waals surface area contributed by atoms with Gasteiger partial charge in [0.2, 0.25) is 0 Å². The molecule has 18 heavy (non-hydrogen) atoms. The fraction of sp³-hybridized carbons (Fsp3) is 0.462. The first kappa shape index (κ1) is 15.5. The second-order valence-corrected chi connectivity index (χ2v) is 5.93. The van der Waals surface area contributed by atoms with E-state index in [9.17, 15) is 4.79 Å². The molecule has 0 aromatic heterocycles. The van der Waals surface area contributed by atoms with Crippen LogP contribution < -0.4 is 5.32 Å². The normalized spacial score (nSPS) is 12.7. The van der Waals surface area contributed by atoms with Crippen molar-refractivity contribution in [1.29, 1.82) is 0 Å². The predicted molar refractivity (Wildman–Crippen MR) is 76.9 cm³/mol. The molecule has 0 radical (unpaired) electrons. The standard InChI is InChI=1S/C13H17BrClNO2/c1-8(2)5-12(13(17)18)16-7-9-6-10(15)3-4-11(9)14/h3-4,6,8,12,16H,5,7H2,1-2H3,(H,17,18)/t12-/m0/s1.